The van der Waals surface area contributed by atoms with Gasteiger partial charge in [-0.15, -0.1) is 0 Å². The van der Waals surface area contributed by atoms with E-state index < -0.39 is 6.10 Å². The first-order chi connectivity index (χ1) is 13.9. The first kappa shape index (κ1) is 22.6. The van der Waals surface area contributed by atoms with E-state index in [4.69, 9.17) is 9.47 Å². The monoisotopic (exact) mass is 405 g/mol. The molecular formula is C21H28FN3O4. The van der Waals surface area contributed by atoms with Crippen molar-refractivity contribution in [1.82, 2.24) is 9.88 Å². The highest BCUT2D eigenvalue weighted by Crippen LogP contribution is 2.18. The highest BCUT2D eigenvalue weighted by molar-refractivity contribution is 5.89. The average molecular weight is 405 g/mol. The number of carbonyl (C=O) groups excluding carboxylic acids is 1. The molecule has 158 valence electrons. The standard InChI is InChI=1S/C21H28FN3O4/c1-15(2)13-25(14-19(26)16-4-6-17(22)7-5-16)21(27)24-18-8-9-20(23-12-18)29-11-10-28-3/h4-9,12,15,19,26H,10-11,13-14H2,1-3H3,(H,24,27)/t19-/m0/s1. The Morgan fingerprint density at radius 3 is 2.48 bits per heavy atom. The molecule has 0 aliphatic heterocycles. The number of benzene rings is 1. The topological polar surface area (TPSA) is 83.9 Å². The molecule has 8 heteroatoms. The van der Waals surface area contributed by atoms with Crippen LogP contribution in [-0.2, 0) is 4.74 Å². The molecule has 0 bridgehead atoms. The van der Waals surface area contributed by atoms with Gasteiger partial charge in [0.25, 0.3) is 0 Å². The summed E-state index contributed by atoms with van der Waals surface area (Å²) < 4.78 is 23.4. The summed E-state index contributed by atoms with van der Waals surface area (Å²) in [6, 6.07) is 8.59. The van der Waals surface area contributed by atoms with E-state index in [1.165, 1.54) is 35.4 Å². The molecular weight excluding hydrogens is 377 g/mol. The number of aliphatic hydroxyl groups excluding tert-OH is 1. The van der Waals surface area contributed by atoms with Gasteiger partial charge in [-0.1, -0.05) is 26.0 Å². The van der Waals surface area contributed by atoms with E-state index in [0.717, 1.165) is 0 Å². The van der Waals surface area contributed by atoms with Gasteiger partial charge in [-0.25, -0.2) is 14.2 Å². The van der Waals surface area contributed by atoms with Crippen LogP contribution in [0.15, 0.2) is 42.6 Å². The Morgan fingerprint density at radius 2 is 1.90 bits per heavy atom. The maximum atomic E-state index is 13.1. The number of carbonyl (C=O) groups is 1. The van der Waals surface area contributed by atoms with Crippen molar-refractivity contribution in [2.75, 3.05) is 38.7 Å². The van der Waals surface area contributed by atoms with Crippen LogP contribution >= 0.6 is 0 Å². The third-order valence-corrected chi connectivity index (χ3v) is 4.05. The highest BCUT2D eigenvalue weighted by atomic mass is 19.1. The predicted molar refractivity (Wildman–Crippen MR) is 108 cm³/mol. The number of aromatic nitrogens is 1. The van der Waals surface area contributed by atoms with Gasteiger partial charge in [0.1, 0.15) is 12.4 Å². The Balaban J connectivity index is 1.99. The molecule has 0 unspecified atom stereocenters. The lowest BCUT2D eigenvalue weighted by Gasteiger charge is -2.27. The van der Waals surface area contributed by atoms with Crippen LogP contribution in [0.3, 0.4) is 0 Å². The molecule has 1 heterocycles. The lowest BCUT2D eigenvalue weighted by molar-refractivity contribution is 0.121. The summed E-state index contributed by atoms with van der Waals surface area (Å²) in [6.07, 6.45) is 0.582. The van der Waals surface area contributed by atoms with Crippen LogP contribution in [0.2, 0.25) is 0 Å². The molecule has 0 saturated carbocycles. The number of hydrogen-bond acceptors (Lipinski definition) is 5. The summed E-state index contributed by atoms with van der Waals surface area (Å²) in [5.74, 6) is 0.265. The van der Waals surface area contributed by atoms with Crippen LogP contribution in [0.5, 0.6) is 5.88 Å². The molecule has 2 N–H and O–H groups in total. The zero-order chi connectivity index (χ0) is 21.2. The van der Waals surface area contributed by atoms with Crippen molar-refractivity contribution >= 4 is 11.7 Å². The molecule has 1 aromatic heterocycles. The predicted octanol–water partition coefficient (Wildman–Crippen LogP) is 3.47. The number of anilines is 1. The van der Waals surface area contributed by atoms with Crippen molar-refractivity contribution in [3.63, 3.8) is 0 Å². The number of rotatable bonds is 10. The van der Waals surface area contributed by atoms with Gasteiger partial charge in [-0.05, 0) is 29.7 Å². The Labute approximate surface area is 170 Å². The van der Waals surface area contributed by atoms with Gasteiger partial charge in [0.05, 0.1) is 31.1 Å². The van der Waals surface area contributed by atoms with Crippen LogP contribution in [-0.4, -0.2) is 54.4 Å². The first-order valence-electron chi connectivity index (χ1n) is 9.46. The van der Waals surface area contributed by atoms with E-state index in [1.54, 1.807) is 19.2 Å². The van der Waals surface area contributed by atoms with E-state index in [2.05, 4.69) is 10.3 Å². The maximum Gasteiger partial charge on any atom is 0.321 e. The fourth-order valence-corrected chi connectivity index (χ4v) is 2.65. The van der Waals surface area contributed by atoms with Gasteiger partial charge >= 0.3 is 6.03 Å². The maximum absolute atomic E-state index is 13.1. The van der Waals surface area contributed by atoms with Gasteiger partial charge in [-0.2, -0.15) is 0 Å². The number of aliphatic hydroxyl groups is 1. The number of halogens is 1. The second-order valence-electron chi connectivity index (χ2n) is 7.02. The molecule has 0 aliphatic carbocycles. The molecule has 7 nitrogen and oxygen atoms in total. The van der Waals surface area contributed by atoms with Crippen molar-refractivity contribution < 1.29 is 23.8 Å². The van der Waals surface area contributed by atoms with Gasteiger partial charge in [0.15, 0.2) is 0 Å². The number of amides is 2. The number of ether oxygens (including phenoxy) is 2. The van der Waals surface area contributed by atoms with Crippen LogP contribution in [0.25, 0.3) is 0 Å². The number of nitrogens with zero attached hydrogens (tertiary/aromatic N) is 2. The Hall–Kier alpha value is -2.71. The van der Waals surface area contributed by atoms with Gasteiger partial charge in [0.2, 0.25) is 5.88 Å². The summed E-state index contributed by atoms with van der Waals surface area (Å²) in [6.45, 7) is 5.35. The van der Waals surface area contributed by atoms with Crippen LogP contribution < -0.4 is 10.1 Å². The second-order valence-corrected chi connectivity index (χ2v) is 7.02. The van der Waals surface area contributed by atoms with Crippen molar-refractivity contribution in [3.05, 3.63) is 54.0 Å². The molecule has 1 atom stereocenters. The fraction of sp³-hybridized carbons (Fsp3) is 0.429. The molecule has 0 aliphatic rings. The SMILES string of the molecule is COCCOc1ccc(NC(=O)N(CC(C)C)C[C@H](O)c2ccc(F)cc2)cn1. The van der Waals surface area contributed by atoms with E-state index in [-0.39, 0.29) is 24.3 Å². The molecule has 1 aromatic carbocycles. The molecule has 0 saturated heterocycles. The Bertz CT molecular complexity index is 754. The molecule has 0 spiro atoms. The van der Waals surface area contributed by atoms with E-state index in [1.807, 2.05) is 13.8 Å². The average Bonchev–Trinajstić information content (AvgIpc) is 2.69. The number of urea groups is 1. The van der Waals surface area contributed by atoms with Crippen LogP contribution in [0, 0.1) is 11.7 Å². The zero-order valence-corrected chi connectivity index (χ0v) is 17.0. The highest BCUT2D eigenvalue weighted by Gasteiger charge is 2.20. The van der Waals surface area contributed by atoms with E-state index in [0.29, 0.717) is 36.9 Å². The third-order valence-electron chi connectivity index (χ3n) is 4.05. The summed E-state index contributed by atoms with van der Waals surface area (Å²) in [7, 11) is 1.59. The van der Waals surface area contributed by atoms with Gasteiger partial charge in [-0.3, -0.25) is 0 Å². The Kier molecular flexibility index (Phi) is 8.82. The number of hydrogen-bond donors (Lipinski definition) is 2. The summed E-state index contributed by atoms with van der Waals surface area (Å²) >= 11 is 0. The minimum absolute atomic E-state index is 0.0846. The molecule has 0 fully saturated rings. The van der Waals surface area contributed by atoms with Gasteiger partial charge in [0, 0.05) is 19.7 Å². The second kappa shape index (κ2) is 11.3. The Morgan fingerprint density at radius 1 is 1.17 bits per heavy atom. The summed E-state index contributed by atoms with van der Waals surface area (Å²) in [5, 5.41) is 13.2. The number of pyridine rings is 1. The fourth-order valence-electron chi connectivity index (χ4n) is 2.65. The summed E-state index contributed by atoms with van der Waals surface area (Å²) in [5.41, 5.74) is 1.06. The minimum atomic E-state index is -0.921. The van der Waals surface area contributed by atoms with Crippen LogP contribution in [0.1, 0.15) is 25.5 Å². The summed E-state index contributed by atoms with van der Waals surface area (Å²) in [4.78, 5) is 18.4. The number of methoxy groups -OCH3 is 1. The van der Waals surface area contributed by atoms with E-state index >= 15 is 0 Å². The van der Waals surface area contributed by atoms with Crippen molar-refractivity contribution in [2.45, 2.75) is 20.0 Å². The minimum Gasteiger partial charge on any atom is -0.475 e. The van der Waals surface area contributed by atoms with Crippen molar-refractivity contribution in [1.29, 1.82) is 0 Å². The van der Waals surface area contributed by atoms with Crippen molar-refractivity contribution in [2.24, 2.45) is 5.92 Å². The molecule has 2 aromatic rings. The normalized spacial score (nSPS) is 11.9. The quantitative estimate of drug-likeness (QED) is 0.592. The molecule has 2 rings (SSSR count). The zero-order valence-electron chi connectivity index (χ0n) is 17.0. The van der Waals surface area contributed by atoms with Gasteiger partial charge < -0.3 is 24.8 Å². The smallest absolute Gasteiger partial charge is 0.321 e. The lowest BCUT2D eigenvalue weighted by atomic mass is 10.1. The first-order valence-corrected chi connectivity index (χ1v) is 9.46. The third kappa shape index (κ3) is 7.67. The molecule has 0 radical (unpaired) electrons. The molecule has 2 amide bonds. The molecule has 29 heavy (non-hydrogen) atoms. The lowest BCUT2D eigenvalue weighted by Crippen LogP contribution is -2.40. The van der Waals surface area contributed by atoms with E-state index in [9.17, 15) is 14.3 Å². The van der Waals surface area contributed by atoms with Crippen LogP contribution in [0.4, 0.5) is 14.9 Å². The van der Waals surface area contributed by atoms with Crippen molar-refractivity contribution in [3.8, 4) is 5.88 Å². The largest absolute Gasteiger partial charge is 0.475 e. The number of nitrogens with one attached hydrogen (secondary N) is 1.